The number of anilines is 1. The summed E-state index contributed by atoms with van der Waals surface area (Å²) in [5.41, 5.74) is 1.80. The van der Waals surface area contributed by atoms with E-state index in [9.17, 15) is 18.0 Å². The van der Waals surface area contributed by atoms with Crippen molar-refractivity contribution in [3.63, 3.8) is 0 Å². The molecule has 4 aromatic rings. The molecule has 0 spiro atoms. The number of hydrogen-bond acceptors (Lipinski definition) is 4. The van der Waals surface area contributed by atoms with Crippen molar-refractivity contribution in [1.82, 2.24) is 10.2 Å². The normalized spacial score (nSPS) is 12.2. The SMILES string of the molecule is CC(C)CNC(=O)[C@H](Cc1ccccc1)N(Cc1ccc(Cl)cc1Cl)C(=O)CN(c1cccc2ccccc12)S(C)(=O)=O. The number of sulfonamides is 1. The van der Waals surface area contributed by atoms with Crippen molar-refractivity contribution >= 4 is 61.5 Å². The minimum atomic E-state index is -3.91. The summed E-state index contributed by atoms with van der Waals surface area (Å²) in [4.78, 5) is 29.5. The lowest BCUT2D eigenvalue weighted by atomic mass is 10.0. The predicted octanol–water partition coefficient (Wildman–Crippen LogP) is 6.32. The van der Waals surface area contributed by atoms with E-state index in [1.54, 1.807) is 30.3 Å². The van der Waals surface area contributed by atoms with Crippen LogP contribution < -0.4 is 9.62 Å². The van der Waals surface area contributed by atoms with Gasteiger partial charge < -0.3 is 10.2 Å². The van der Waals surface area contributed by atoms with E-state index in [0.29, 0.717) is 33.2 Å². The van der Waals surface area contributed by atoms with E-state index < -0.39 is 28.5 Å². The van der Waals surface area contributed by atoms with Gasteiger partial charge in [-0.2, -0.15) is 0 Å². The molecule has 0 aromatic heterocycles. The number of nitrogens with zero attached hydrogens (tertiary/aromatic N) is 2. The molecule has 2 amide bonds. The summed E-state index contributed by atoms with van der Waals surface area (Å²) in [6.45, 7) is 3.84. The predicted molar refractivity (Wildman–Crippen MR) is 175 cm³/mol. The molecule has 43 heavy (non-hydrogen) atoms. The number of benzene rings is 4. The minimum Gasteiger partial charge on any atom is -0.354 e. The smallest absolute Gasteiger partial charge is 0.244 e. The molecule has 0 aliphatic carbocycles. The molecular formula is C33H35Cl2N3O4S. The van der Waals surface area contributed by atoms with E-state index in [4.69, 9.17) is 23.2 Å². The summed E-state index contributed by atoms with van der Waals surface area (Å²) in [6.07, 6.45) is 1.29. The fourth-order valence-corrected chi connectivity index (χ4v) is 6.16. The first-order valence-electron chi connectivity index (χ1n) is 13.9. The average Bonchev–Trinajstić information content (AvgIpc) is 2.97. The van der Waals surface area contributed by atoms with Crippen LogP contribution in [0.3, 0.4) is 0 Å². The van der Waals surface area contributed by atoms with E-state index in [1.807, 2.05) is 74.5 Å². The van der Waals surface area contributed by atoms with Crippen LogP contribution in [-0.2, 0) is 32.6 Å². The highest BCUT2D eigenvalue weighted by Crippen LogP contribution is 2.29. The van der Waals surface area contributed by atoms with Crippen LogP contribution >= 0.6 is 23.2 Å². The summed E-state index contributed by atoms with van der Waals surface area (Å²) in [5.74, 6) is -0.708. The van der Waals surface area contributed by atoms with Crippen LogP contribution in [0, 0.1) is 5.92 Å². The Morgan fingerprint density at radius 3 is 2.23 bits per heavy atom. The fraction of sp³-hybridized carbons (Fsp3) is 0.273. The van der Waals surface area contributed by atoms with E-state index in [2.05, 4.69) is 5.32 Å². The van der Waals surface area contributed by atoms with Gasteiger partial charge in [-0.15, -0.1) is 0 Å². The molecule has 0 saturated heterocycles. The van der Waals surface area contributed by atoms with Crippen LogP contribution in [0.1, 0.15) is 25.0 Å². The molecule has 0 fully saturated rings. The van der Waals surface area contributed by atoms with Crippen LogP contribution in [0.5, 0.6) is 0 Å². The van der Waals surface area contributed by atoms with Crippen LogP contribution in [0.4, 0.5) is 5.69 Å². The van der Waals surface area contributed by atoms with E-state index in [1.165, 1.54) is 4.90 Å². The lowest BCUT2D eigenvalue weighted by Gasteiger charge is -2.34. The lowest BCUT2D eigenvalue weighted by Crippen LogP contribution is -2.53. The van der Waals surface area contributed by atoms with Crippen LogP contribution in [-0.4, -0.2) is 50.5 Å². The van der Waals surface area contributed by atoms with Crippen molar-refractivity contribution in [2.45, 2.75) is 32.9 Å². The van der Waals surface area contributed by atoms with E-state index >= 15 is 0 Å². The number of amides is 2. The topological polar surface area (TPSA) is 86.8 Å². The van der Waals surface area contributed by atoms with Gasteiger partial charge in [0.25, 0.3) is 0 Å². The zero-order valence-corrected chi connectivity index (χ0v) is 26.7. The third-order valence-electron chi connectivity index (χ3n) is 7.03. The molecule has 4 aromatic carbocycles. The number of carbonyl (C=O) groups excluding carboxylic acids is 2. The van der Waals surface area contributed by atoms with Gasteiger partial charge in [0.05, 0.1) is 11.9 Å². The molecular weight excluding hydrogens is 605 g/mol. The zero-order chi connectivity index (χ0) is 31.1. The van der Waals surface area contributed by atoms with Gasteiger partial charge in [-0.25, -0.2) is 8.42 Å². The summed E-state index contributed by atoms with van der Waals surface area (Å²) in [6, 6.07) is 26.1. The number of rotatable bonds is 12. The second-order valence-corrected chi connectivity index (χ2v) is 13.6. The Kier molecular flexibility index (Phi) is 10.7. The first-order chi connectivity index (χ1) is 20.4. The third-order valence-corrected chi connectivity index (χ3v) is 8.74. The highest BCUT2D eigenvalue weighted by molar-refractivity contribution is 7.92. The van der Waals surface area contributed by atoms with E-state index in [-0.39, 0.29) is 24.8 Å². The maximum Gasteiger partial charge on any atom is 0.244 e. The second kappa shape index (κ2) is 14.3. The van der Waals surface area contributed by atoms with E-state index in [0.717, 1.165) is 21.5 Å². The van der Waals surface area contributed by atoms with Gasteiger partial charge in [0.2, 0.25) is 21.8 Å². The van der Waals surface area contributed by atoms with Gasteiger partial charge in [0, 0.05) is 34.9 Å². The van der Waals surface area contributed by atoms with Gasteiger partial charge in [0.15, 0.2) is 0 Å². The number of hydrogen-bond donors (Lipinski definition) is 1. The first kappa shape index (κ1) is 32.3. The standard InChI is InChI=1S/C33H35Cl2N3O4S/c1-23(2)20-36-33(40)31(18-24-10-5-4-6-11-24)37(21-26-16-17-27(34)19-29(26)35)32(39)22-38(43(3,41)42)30-15-9-13-25-12-7-8-14-28(25)30/h4-17,19,23,31H,18,20-22H2,1-3H3,(H,36,40)/t31-/m0/s1. The van der Waals surface area contributed by atoms with Crippen molar-refractivity contribution < 1.29 is 18.0 Å². The zero-order valence-electron chi connectivity index (χ0n) is 24.3. The Morgan fingerprint density at radius 1 is 0.884 bits per heavy atom. The number of halogens is 2. The van der Waals surface area contributed by atoms with Crippen molar-refractivity contribution in [3.05, 3.63) is 112 Å². The summed E-state index contributed by atoms with van der Waals surface area (Å²) >= 11 is 12.7. The molecule has 0 heterocycles. The largest absolute Gasteiger partial charge is 0.354 e. The summed E-state index contributed by atoms with van der Waals surface area (Å²) < 4.78 is 27.5. The van der Waals surface area contributed by atoms with Gasteiger partial charge in [0.1, 0.15) is 12.6 Å². The molecule has 0 radical (unpaired) electrons. The van der Waals surface area contributed by atoms with Gasteiger partial charge in [-0.05, 0) is 40.6 Å². The van der Waals surface area contributed by atoms with Crippen LogP contribution in [0.2, 0.25) is 10.0 Å². The average molecular weight is 641 g/mol. The van der Waals surface area contributed by atoms with Crippen molar-refractivity contribution in [1.29, 1.82) is 0 Å². The maximum absolute atomic E-state index is 14.3. The molecule has 1 atom stereocenters. The second-order valence-electron chi connectivity index (χ2n) is 10.9. The van der Waals surface area contributed by atoms with Gasteiger partial charge >= 0.3 is 0 Å². The Balaban J connectivity index is 1.79. The minimum absolute atomic E-state index is 0.0332. The molecule has 1 N–H and O–H groups in total. The van der Waals surface area contributed by atoms with Gasteiger partial charge in [-0.3, -0.25) is 13.9 Å². The number of carbonyl (C=O) groups is 2. The Bertz CT molecular complexity index is 1690. The van der Waals surface area contributed by atoms with Crippen LogP contribution in [0.15, 0.2) is 91.0 Å². The van der Waals surface area contributed by atoms with Crippen molar-refractivity contribution in [2.75, 3.05) is 23.7 Å². The molecule has 0 saturated carbocycles. The number of fused-ring (bicyclic) bond motifs is 1. The Morgan fingerprint density at radius 2 is 1.56 bits per heavy atom. The molecule has 4 rings (SSSR count). The summed E-state index contributed by atoms with van der Waals surface area (Å²) in [7, 11) is -3.91. The Labute approximate surface area is 263 Å². The monoisotopic (exact) mass is 639 g/mol. The molecule has 226 valence electrons. The lowest BCUT2D eigenvalue weighted by molar-refractivity contribution is -0.140. The first-order valence-corrected chi connectivity index (χ1v) is 16.5. The molecule has 0 bridgehead atoms. The molecule has 0 aliphatic heterocycles. The molecule has 10 heteroatoms. The molecule has 7 nitrogen and oxygen atoms in total. The van der Waals surface area contributed by atoms with Crippen molar-refractivity contribution in [3.8, 4) is 0 Å². The molecule has 0 aliphatic rings. The van der Waals surface area contributed by atoms with Gasteiger partial charge in [-0.1, -0.05) is 110 Å². The molecule has 0 unspecified atom stereocenters. The quantitative estimate of drug-likeness (QED) is 0.196. The third kappa shape index (κ3) is 8.50. The van der Waals surface area contributed by atoms with Crippen molar-refractivity contribution in [2.24, 2.45) is 5.92 Å². The summed E-state index contributed by atoms with van der Waals surface area (Å²) in [5, 5.41) is 5.25. The highest BCUT2D eigenvalue weighted by Gasteiger charge is 2.33. The maximum atomic E-state index is 14.3. The fourth-order valence-electron chi connectivity index (χ4n) is 4.83. The Hall–Kier alpha value is -3.59. The number of nitrogens with one attached hydrogen (secondary N) is 1. The highest BCUT2D eigenvalue weighted by atomic mass is 35.5. The van der Waals surface area contributed by atoms with Crippen LogP contribution in [0.25, 0.3) is 10.8 Å².